The summed E-state index contributed by atoms with van der Waals surface area (Å²) in [5.74, 6) is 0.279. The monoisotopic (exact) mass is 362 g/mol. The number of thiophene rings is 1. The number of piperidine rings is 1. The highest BCUT2D eigenvalue weighted by Gasteiger charge is 2.42. The molecule has 3 fully saturated rings. The molecule has 2 bridgehead atoms. The molecule has 136 valence electrons. The van der Waals surface area contributed by atoms with Gasteiger partial charge >= 0.3 is 0 Å². The second-order valence-electron chi connectivity index (χ2n) is 7.43. The van der Waals surface area contributed by atoms with Crippen LogP contribution < -0.4 is 0 Å². The molecule has 1 aromatic heterocycles. The van der Waals surface area contributed by atoms with Crippen molar-refractivity contribution in [2.45, 2.75) is 44.6 Å². The third kappa shape index (κ3) is 3.22. The fourth-order valence-corrected chi connectivity index (χ4v) is 5.66. The smallest absolute Gasteiger partial charge is 0.264 e. The van der Waals surface area contributed by atoms with Crippen molar-refractivity contribution in [3.8, 4) is 0 Å². The maximum Gasteiger partial charge on any atom is 0.264 e. The Hall–Kier alpha value is -1.40. The molecule has 4 heterocycles. The Morgan fingerprint density at radius 2 is 2.12 bits per heavy atom. The van der Waals surface area contributed by atoms with Gasteiger partial charge in [0.15, 0.2) is 0 Å². The first-order valence-corrected chi connectivity index (χ1v) is 10.2. The molecule has 2 atom stereocenters. The number of nitrogens with zero attached hydrogens (tertiary/aromatic N) is 2. The van der Waals surface area contributed by atoms with E-state index < -0.39 is 0 Å². The van der Waals surface area contributed by atoms with Crippen molar-refractivity contribution >= 4 is 23.2 Å². The molecule has 2 amide bonds. The molecule has 3 aliphatic heterocycles. The van der Waals surface area contributed by atoms with Gasteiger partial charge in [0.05, 0.1) is 17.4 Å². The zero-order valence-corrected chi connectivity index (χ0v) is 15.6. The third-order valence-corrected chi connectivity index (χ3v) is 7.05. The number of aryl methyl sites for hydroxylation is 2. The second-order valence-corrected chi connectivity index (χ2v) is 8.57. The van der Waals surface area contributed by atoms with E-state index in [9.17, 15) is 9.59 Å². The van der Waals surface area contributed by atoms with Gasteiger partial charge in [0, 0.05) is 37.7 Å². The number of hydrogen-bond acceptors (Lipinski definition) is 4. The molecule has 0 saturated carbocycles. The molecule has 6 heteroatoms. The van der Waals surface area contributed by atoms with Crippen molar-refractivity contribution in [2.24, 2.45) is 5.92 Å². The maximum atomic E-state index is 13.1. The first kappa shape index (κ1) is 17.0. The van der Waals surface area contributed by atoms with E-state index >= 15 is 0 Å². The molecule has 4 aliphatic rings. The first-order valence-electron chi connectivity index (χ1n) is 9.37. The van der Waals surface area contributed by atoms with E-state index in [0.717, 1.165) is 30.6 Å². The van der Waals surface area contributed by atoms with Gasteiger partial charge in [-0.15, -0.1) is 11.3 Å². The van der Waals surface area contributed by atoms with Crippen LogP contribution >= 0.6 is 11.3 Å². The number of hydrogen-bond donors (Lipinski definition) is 0. The van der Waals surface area contributed by atoms with Crippen LogP contribution in [0.15, 0.2) is 6.07 Å². The molecular formula is C19H26N2O3S. The molecule has 0 N–H and O–H groups in total. The van der Waals surface area contributed by atoms with Crippen LogP contribution in [0.1, 0.15) is 45.8 Å². The number of methoxy groups -OCH3 is 1. The van der Waals surface area contributed by atoms with Gasteiger partial charge < -0.3 is 14.5 Å². The Morgan fingerprint density at radius 3 is 2.92 bits per heavy atom. The van der Waals surface area contributed by atoms with Crippen LogP contribution in [0.4, 0.5) is 0 Å². The number of ether oxygens (including phenoxy) is 1. The fourth-order valence-electron chi connectivity index (χ4n) is 4.44. The summed E-state index contributed by atoms with van der Waals surface area (Å²) < 4.78 is 5.16. The zero-order chi connectivity index (χ0) is 17.4. The molecule has 1 aliphatic carbocycles. The predicted molar refractivity (Wildman–Crippen MR) is 97.0 cm³/mol. The lowest BCUT2D eigenvalue weighted by atomic mass is 9.94. The summed E-state index contributed by atoms with van der Waals surface area (Å²) >= 11 is 1.67. The summed E-state index contributed by atoms with van der Waals surface area (Å²) in [6, 6.07) is 2.25. The third-order valence-electron chi connectivity index (χ3n) is 5.82. The maximum absolute atomic E-state index is 13.1. The minimum Gasteiger partial charge on any atom is -0.383 e. The highest BCUT2D eigenvalue weighted by molar-refractivity contribution is 7.14. The second kappa shape index (κ2) is 7.08. The van der Waals surface area contributed by atoms with E-state index in [-0.39, 0.29) is 23.8 Å². The summed E-state index contributed by atoms with van der Waals surface area (Å²) in [5, 5.41) is 0. The Balaban J connectivity index is 1.52. The lowest BCUT2D eigenvalue weighted by Gasteiger charge is -2.35. The van der Waals surface area contributed by atoms with Gasteiger partial charge in [-0.05, 0) is 50.2 Å². The van der Waals surface area contributed by atoms with Gasteiger partial charge in [0.2, 0.25) is 5.91 Å². The van der Waals surface area contributed by atoms with E-state index in [1.54, 1.807) is 18.4 Å². The van der Waals surface area contributed by atoms with E-state index in [0.29, 0.717) is 26.2 Å². The van der Waals surface area contributed by atoms with E-state index in [1.165, 1.54) is 23.3 Å². The van der Waals surface area contributed by atoms with Gasteiger partial charge in [-0.1, -0.05) is 0 Å². The highest BCUT2D eigenvalue weighted by Crippen LogP contribution is 2.33. The van der Waals surface area contributed by atoms with Crippen LogP contribution in [0, 0.1) is 5.92 Å². The highest BCUT2D eigenvalue weighted by atomic mass is 32.1. The van der Waals surface area contributed by atoms with Crippen LogP contribution in [-0.4, -0.2) is 61.0 Å². The Kier molecular flexibility index (Phi) is 4.82. The molecule has 3 saturated heterocycles. The van der Waals surface area contributed by atoms with Crippen molar-refractivity contribution in [3.63, 3.8) is 0 Å². The SMILES string of the molecule is COCCN1C(=O)[C@@H]2CC[C@H]1CN(C(=O)c1cc3c(s1)CCCC3)C2. The molecule has 5 nitrogen and oxygen atoms in total. The largest absolute Gasteiger partial charge is 0.383 e. The molecule has 1 aromatic rings. The molecule has 0 spiro atoms. The number of rotatable bonds is 4. The fraction of sp³-hybridized carbons (Fsp3) is 0.684. The average Bonchev–Trinajstić information content (AvgIpc) is 2.87. The Labute approximate surface area is 152 Å². The van der Waals surface area contributed by atoms with E-state index in [2.05, 4.69) is 6.07 Å². The van der Waals surface area contributed by atoms with Gasteiger partial charge in [0.1, 0.15) is 0 Å². The van der Waals surface area contributed by atoms with Crippen molar-refractivity contribution in [2.75, 3.05) is 33.4 Å². The summed E-state index contributed by atoms with van der Waals surface area (Å²) in [6.45, 7) is 2.42. The van der Waals surface area contributed by atoms with Crippen LogP contribution in [0.3, 0.4) is 0 Å². The van der Waals surface area contributed by atoms with E-state index in [1.807, 2.05) is 9.80 Å². The van der Waals surface area contributed by atoms with Crippen molar-refractivity contribution in [1.82, 2.24) is 9.80 Å². The minimum atomic E-state index is -0.0471. The van der Waals surface area contributed by atoms with Crippen LogP contribution in [0.2, 0.25) is 0 Å². The van der Waals surface area contributed by atoms with Crippen molar-refractivity contribution in [3.05, 3.63) is 21.4 Å². The van der Waals surface area contributed by atoms with E-state index in [4.69, 9.17) is 4.74 Å². The van der Waals surface area contributed by atoms with Crippen LogP contribution in [0.25, 0.3) is 0 Å². The lowest BCUT2D eigenvalue weighted by molar-refractivity contribution is -0.140. The average molecular weight is 362 g/mol. The molecule has 0 unspecified atom stereocenters. The van der Waals surface area contributed by atoms with Crippen LogP contribution in [0.5, 0.6) is 0 Å². The molecule has 0 radical (unpaired) electrons. The first-order chi connectivity index (χ1) is 12.2. The Bertz CT molecular complexity index is 648. The number of amides is 2. The summed E-state index contributed by atoms with van der Waals surface area (Å²) in [4.78, 5) is 32.0. The topological polar surface area (TPSA) is 49.9 Å². The quantitative estimate of drug-likeness (QED) is 0.826. The number of carbonyl (C=O) groups is 2. The van der Waals surface area contributed by atoms with Crippen LogP contribution in [-0.2, 0) is 22.4 Å². The van der Waals surface area contributed by atoms with Gasteiger partial charge in [0.25, 0.3) is 5.91 Å². The molecule has 25 heavy (non-hydrogen) atoms. The number of carbonyl (C=O) groups excluding carboxylic acids is 2. The van der Waals surface area contributed by atoms with Crippen molar-refractivity contribution < 1.29 is 14.3 Å². The summed E-state index contributed by atoms with van der Waals surface area (Å²) in [5.41, 5.74) is 1.37. The van der Waals surface area contributed by atoms with Crippen molar-refractivity contribution in [1.29, 1.82) is 0 Å². The lowest BCUT2D eigenvalue weighted by Crippen LogP contribution is -2.49. The molecule has 5 rings (SSSR count). The summed E-state index contributed by atoms with van der Waals surface area (Å²) in [6.07, 6.45) is 6.57. The normalized spacial score (nSPS) is 25.9. The zero-order valence-electron chi connectivity index (χ0n) is 14.8. The van der Waals surface area contributed by atoms with Gasteiger partial charge in [-0.2, -0.15) is 0 Å². The minimum absolute atomic E-state index is 0.0471. The summed E-state index contributed by atoms with van der Waals surface area (Å²) in [7, 11) is 1.66. The number of fused-ring (bicyclic) bond motifs is 5. The standard InChI is InChI=1S/C19H26N2O3S/c1-24-9-8-21-15-7-6-14(18(21)22)11-20(12-15)19(23)17-10-13-4-2-3-5-16(13)25-17/h10,14-15H,2-9,11-12H2,1H3/t14-,15+/m1/s1. The van der Waals surface area contributed by atoms with Gasteiger partial charge in [-0.3, -0.25) is 9.59 Å². The molecular weight excluding hydrogens is 336 g/mol. The Morgan fingerprint density at radius 1 is 1.28 bits per heavy atom. The molecule has 0 aromatic carbocycles. The predicted octanol–water partition coefficient (Wildman–Crippen LogP) is 2.34. The van der Waals surface area contributed by atoms with Gasteiger partial charge in [-0.25, -0.2) is 0 Å².